The summed E-state index contributed by atoms with van der Waals surface area (Å²) in [7, 11) is 0. The van der Waals surface area contributed by atoms with E-state index in [1.54, 1.807) is 12.1 Å². The summed E-state index contributed by atoms with van der Waals surface area (Å²) in [5.41, 5.74) is 0. The molecule has 1 aliphatic rings. The van der Waals surface area contributed by atoms with E-state index >= 15 is 0 Å². The van der Waals surface area contributed by atoms with Gasteiger partial charge in [-0.1, -0.05) is 25.4 Å². The zero-order valence-electron chi connectivity index (χ0n) is 15.7. The minimum absolute atomic E-state index is 0.138. The molecule has 0 atom stereocenters. The normalized spacial score (nSPS) is 14.6. The summed E-state index contributed by atoms with van der Waals surface area (Å²) in [6, 6.07) is 7.20. The van der Waals surface area contributed by atoms with Gasteiger partial charge in [-0.15, -0.1) is 0 Å². The van der Waals surface area contributed by atoms with Gasteiger partial charge in [0.2, 0.25) is 11.8 Å². The van der Waals surface area contributed by atoms with Gasteiger partial charge in [0.1, 0.15) is 5.75 Å². The maximum Gasteiger partial charge on any atom is 0.222 e. The minimum Gasteiger partial charge on any atom is -0.494 e. The Morgan fingerprint density at radius 3 is 2.08 bits per heavy atom. The third kappa shape index (κ3) is 6.87. The highest BCUT2D eigenvalue weighted by Gasteiger charge is 2.23. The van der Waals surface area contributed by atoms with Gasteiger partial charge in [-0.3, -0.25) is 9.59 Å². The van der Waals surface area contributed by atoms with Crippen molar-refractivity contribution in [1.29, 1.82) is 0 Å². The summed E-state index contributed by atoms with van der Waals surface area (Å²) in [6.45, 7) is 7.30. The topological polar surface area (TPSA) is 49.9 Å². The highest BCUT2D eigenvalue weighted by molar-refractivity contribution is 6.30. The Morgan fingerprint density at radius 1 is 1.00 bits per heavy atom. The van der Waals surface area contributed by atoms with E-state index in [2.05, 4.69) is 13.8 Å². The average molecular weight is 381 g/mol. The van der Waals surface area contributed by atoms with Gasteiger partial charge in [-0.05, 0) is 43.0 Å². The zero-order chi connectivity index (χ0) is 18.9. The molecule has 1 aromatic carbocycles. The predicted octanol–water partition coefficient (Wildman–Crippen LogP) is 3.61. The Hall–Kier alpha value is -1.75. The SMILES string of the molecule is CC(C)CCC(=O)N1CCN(C(=O)CCCOc2ccc(Cl)cc2)CC1. The van der Waals surface area contributed by atoms with E-state index in [0.29, 0.717) is 63.0 Å². The maximum atomic E-state index is 12.3. The first-order chi connectivity index (χ1) is 12.5. The number of hydrogen-bond donors (Lipinski definition) is 0. The van der Waals surface area contributed by atoms with Crippen LogP contribution in [0.25, 0.3) is 0 Å². The van der Waals surface area contributed by atoms with Crippen LogP contribution in [0.4, 0.5) is 0 Å². The number of nitrogens with zero attached hydrogens (tertiary/aromatic N) is 2. The molecule has 1 heterocycles. The molecule has 6 heteroatoms. The highest BCUT2D eigenvalue weighted by Crippen LogP contribution is 2.16. The van der Waals surface area contributed by atoms with Gasteiger partial charge < -0.3 is 14.5 Å². The molecule has 0 N–H and O–H groups in total. The first-order valence-electron chi connectivity index (χ1n) is 9.39. The zero-order valence-corrected chi connectivity index (χ0v) is 16.5. The van der Waals surface area contributed by atoms with Gasteiger partial charge in [-0.2, -0.15) is 0 Å². The molecule has 0 aliphatic carbocycles. The molecule has 1 saturated heterocycles. The standard InChI is InChI=1S/C20H29ClN2O3/c1-16(2)5-10-20(25)23-13-11-22(12-14-23)19(24)4-3-15-26-18-8-6-17(21)7-9-18/h6-9,16H,3-5,10-15H2,1-2H3. The first kappa shape index (κ1) is 20.6. The number of hydrogen-bond acceptors (Lipinski definition) is 3. The molecule has 0 radical (unpaired) electrons. The minimum atomic E-state index is 0.138. The lowest BCUT2D eigenvalue weighted by Gasteiger charge is -2.35. The largest absolute Gasteiger partial charge is 0.494 e. The van der Waals surface area contributed by atoms with Gasteiger partial charge in [0.25, 0.3) is 0 Å². The lowest BCUT2D eigenvalue weighted by Crippen LogP contribution is -2.50. The van der Waals surface area contributed by atoms with E-state index in [0.717, 1.165) is 12.2 Å². The number of piperazine rings is 1. The van der Waals surface area contributed by atoms with Crippen molar-refractivity contribution in [2.45, 2.75) is 39.5 Å². The Kier molecular flexibility index (Phi) is 8.23. The quantitative estimate of drug-likeness (QED) is 0.647. The van der Waals surface area contributed by atoms with Crippen molar-refractivity contribution in [2.75, 3.05) is 32.8 Å². The first-order valence-corrected chi connectivity index (χ1v) is 9.77. The van der Waals surface area contributed by atoms with Crippen molar-refractivity contribution in [3.05, 3.63) is 29.3 Å². The number of benzene rings is 1. The molecule has 0 spiro atoms. The van der Waals surface area contributed by atoms with Crippen molar-refractivity contribution in [3.63, 3.8) is 0 Å². The molecular formula is C20H29ClN2O3. The molecule has 0 saturated carbocycles. The highest BCUT2D eigenvalue weighted by atomic mass is 35.5. The van der Waals surface area contributed by atoms with Crippen LogP contribution < -0.4 is 4.74 Å². The number of amides is 2. The molecule has 26 heavy (non-hydrogen) atoms. The van der Waals surface area contributed by atoms with Crippen LogP contribution >= 0.6 is 11.6 Å². The summed E-state index contributed by atoms with van der Waals surface area (Å²) in [4.78, 5) is 28.2. The number of ether oxygens (including phenoxy) is 1. The fourth-order valence-electron chi connectivity index (χ4n) is 2.88. The summed E-state index contributed by atoms with van der Waals surface area (Å²) in [5, 5.41) is 0.675. The molecule has 2 amide bonds. The second-order valence-corrected chi connectivity index (χ2v) is 7.54. The van der Waals surface area contributed by atoms with E-state index in [1.165, 1.54) is 0 Å². The van der Waals surface area contributed by atoms with E-state index in [-0.39, 0.29) is 11.8 Å². The Morgan fingerprint density at radius 2 is 1.54 bits per heavy atom. The molecule has 1 aromatic rings. The van der Waals surface area contributed by atoms with Crippen LogP contribution in [0, 0.1) is 5.92 Å². The fourth-order valence-corrected chi connectivity index (χ4v) is 3.00. The third-order valence-corrected chi connectivity index (χ3v) is 4.79. The third-order valence-electron chi connectivity index (χ3n) is 4.54. The number of halogens is 1. The summed E-state index contributed by atoms with van der Waals surface area (Å²) < 4.78 is 5.61. The van der Waals surface area contributed by atoms with Gasteiger partial charge in [0.05, 0.1) is 6.61 Å². The Labute approximate surface area is 161 Å². The summed E-state index contributed by atoms with van der Waals surface area (Å²) in [5.74, 6) is 1.65. The van der Waals surface area contributed by atoms with Crippen LogP contribution in [0.5, 0.6) is 5.75 Å². The molecule has 0 bridgehead atoms. The van der Waals surface area contributed by atoms with Crippen LogP contribution in [-0.2, 0) is 9.59 Å². The average Bonchev–Trinajstić information content (AvgIpc) is 2.64. The molecule has 0 aromatic heterocycles. The van der Waals surface area contributed by atoms with E-state index < -0.39 is 0 Å². The van der Waals surface area contributed by atoms with Gasteiger partial charge in [0, 0.05) is 44.0 Å². The molecule has 2 rings (SSSR count). The molecule has 144 valence electrons. The van der Waals surface area contributed by atoms with Gasteiger partial charge in [-0.25, -0.2) is 0 Å². The summed E-state index contributed by atoms with van der Waals surface area (Å²) >= 11 is 5.83. The molecule has 0 unspecified atom stereocenters. The van der Waals surface area contributed by atoms with Gasteiger partial charge in [0.15, 0.2) is 0 Å². The van der Waals surface area contributed by atoms with Crippen LogP contribution in [0.2, 0.25) is 5.02 Å². The fraction of sp³-hybridized carbons (Fsp3) is 0.600. The van der Waals surface area contributed by atoms with E-state index in [1.807, 2.05) is 21.9 Å². The molecule has 1 aliphatic heterocycles. The monoisotopic (exact) mass is 380 g/mol. The van der Waals surface area contributed by atoms with Crippen LogP contribution in [-0.4, -0.2) is 54.4 Å². The van der Waals surface area contributed by atoms with Crippen molar-refractivity contribution in [2.24, 2.45) is 5.92 Å². The van der Waals surface area contributed by atoms with Crippen LogP contribution in [0.15, 0.2) is 24.3 Å². The van der Waals surface area contributed by atoms with E-state index in [4.69, 9.17) is 16.3 Å². The molecule has 5 nitrogen and oxygen atoms in total. The number of carbonyl (C=O) groups excluding carboxylic acids is 2. The molecular weight excluding hydrogens is 352 g/mol. The van der Waals surface area contributed by atoms with Crippen LogP contribution in [0.1, 0.15) is 39.5 Å². The Bertz CT molecular complexity index is 581. The van der Waals surface area contributed by atoms with Gasteiger partial charge >= 0.3 is 0 Å². The number of carbonyl (C=O) groups is 2. The summed E-state index contributed by atoms with van der Waals surface area (Å²) in [6.07, 6.45) is 2.67. The Balaban J connectivity index is 1.62. The van der Waals surface area contributed by atoms with Crippen molar-refractivity contribution in [1.82, 2.24) is 9.80 Å². The van der Waals surface area contributed by atoms with Crippen LogP contribution in [0.3, 0.4) is 0 Å². The maximum absolute atomic E-state index is 12.3. The smallest absolute Gasteiger partial charge is 0.222 e. The second-order valence-electron chi connectivity index (χ2n) is 7.10. The number of rotatable bonds is 8. The second kappa shape index (κ2) is 10.4. The lowest BCUT2D eigenvalue weighted by atomic mass is 10.1. The van der Waals surface area contributed by atoms with Crippen molar-refractivity contribution < 1.29 is 14.3 Å². The van der Waals surface area contributed by atoms with E-state index in [9.17, 15) is 9.59 Å². The molecule has 1 fully saturated rings. The van der Waals surface area contributed by atoms with Crippen molar-refractivity contribution >= 4 is 23.4 Å². The predicted molar refractivity (Wildman–Crippen MR) is 103 cm³/mol. The van der Waals surface area contributed by atoms with Crippen molar-refractivity contribution in [3.8, 4) is 5.75 Å². The lowest BCUT2D eigenvalue weighted by molar-refractivity contribution is -0.139.